The average Bonchev–Trinajstić information content (AvgIpc) is 3.00. The molecule has 2 aromatic rings. The molecule has 1 aliphatic rings. The van der Waals surface area contributed by atoms with Crippen LogP contribution in [0.25, 0.3) is 0 Å². The molecule has 0 atom stereocenters. The van der Waals surface area contributed by atoms with E-state index in [1.807, 2.05) is 18.2 Å². The number of halogens is 4. The molecule has 3 rings (SSSR count). The lowest BCUT2D eigenvalue weighted by Crippen LogP contribution is -2.27. The Kier molecular flexibility index (Phi) is 5.81. The number of alkyl halides is 3. The van der Waals surface area contributed by atoms with E-state index in [2.05, 4.69) is 5.32 Å². The maximum atomic E-state index is 11.9. The fraction of sp³-hybridized carbons (Fsp3) is 0.188. The smallest absolute Gasteiger partial charge is 0.276 e. The van der Waals surface area contributed by atoms with Crippen LogP contribution in [-0.2, 0) is 10.5 Å². The molecule has 0 bridgehead atoms. The molecule has 0 radical (unpaired) electrons. The van der Waals surface area contributed by atoms with Crippen LogP contribution in [0.3, 0.4) is 0 Å². The van der Waals surface area contributed by atoms with Crippen molar-refractivity contribution >= 4 is 69.8 Å². The highest BCUT2D eigenvalue weighted by atomic mass is 35.6. The van der Waals surface area contributed by atoms with E-state index in [0.29, 0.717) is 28.0 Å². The summed E-state index contributed by atoms with van der Waals surface area (Å²) in [6.45, 7) is 0.189. The monoisotopic (exact) mass is 437 g/mol. The third kappa shape index (κ3) is 4.60. The summed E-state index contributed by atoms with van der Waals surface area (Å²) in [5.74, 6) is 1.15. The number of carbonyl (C=O) groups is 1. The van der Waals surface area contributed by atoms with Gasteiger partial charge in [-0.25, -0.2) is 0 Å². The number of para-hydroxylation sites is 1. The van der Waals surface area contributed by atoms with E-state index in [-0.39, 0.29) is 6.79 Å². The van der Waals surface area contributed by atoms with Gasteiger partial charge in [-0.05, 0) is 23.8 Å². The Bertz CT molecular complexity index is 810. The van der Waals surface area contributed by atoms with Crippen LogP contribution in [0.4, 0.5) is 5.69 Å². The molecular formula is C16H11Cl4NO3S. The van der Waals surface area contributed by atoms with Crippen molar-refractivity contribution in [3.63, 3.8) is 0 Å². The van der Waals surface area contributed by atoms with Gasteiger partial charge in [-0.1, -0.05) is 58.5 Å². The van der Waals surface area contributed by atoms with E-state index in [1.54, 1.807) is 18.2 Å². The van der Waals surface area contributed by atoms with Crippen LogP contribution in [0.15, 0.2) is 41.3 Å². The van der Waals surface area contributed by atoms with Crippen molar-refractivity contribution in [3.05, 3.63) is 47.0 Å². The number of benzene rings is 2. The lowest BCUT2D eigenvalue weighted by Gasteiger charge is -2.14. The minimum Gasteiger partial charge on any atom is -0.454 e. The Morgan fingerprint density at radius 2 is 1.84 bits per heavy atom. The quantitative estimate of drug-likeness (QED) is 0.493. The van der Waals surface area contributed by atoms with Crippen LogP contribution in [0.2, 0.25) is 5.02 Å². The molecule has 1 amide bonds. The molecule has 0 saturated carbocycles. The summed E-state index contributed by atoms with van der Waals surface area (Å²) >= 11 is 24.6. The minimum absolute atomic E-state index is 0.189. The van der Waals surface area contributed by atoms with Gasteiger partial charge in [0.25, 0.3) is 9.70 Å². The highest BCUT2D eigenvalue weighted by Crippen LogP contribution is 2.40. The molecule has 25 heavy (non-hydrogen) atoms. The fourth-order valence-corrected chi connectivity index (χ4v) is 3.55. The van der Waals surface area contributed by atoms with Gasteiger partial charge < -0.3 is 14.8 Å². The fourth-order valence-electron chi connectivity index (χ4n) is 2.11. The van der Waals surface area contributed by atoms with Gasteiger partial charge in [0.1, 0.15) is 0 Å². The van der Waals surface area contributed by atoms with Crippen molar-refractivity contribution in [1.82, 2.24) is 0 Å². The number of nitrogens with one attached hydrogen (secondary N) is 1. The number of anilines is 1. The van der Waals surface area contributed by atoms with Crippen LogP contribution in [0, 0.1) is 0 Å². The van der Waals surface area contributed by atoms with E-state index in [1.165, 1.54) is 11.8 Å². The number of hydrogen-bond acceptors (Lipinski definition) is 4. The van der Waals surface area contributed by atoms with Crippen molar-refractivity contribution in [2.45, 2.75) is 14.4 Å². The topological polar surface area (TPSA) is 47.6 Å². The summed E-state index contributed by atoms with van der Waals surface area (Å²) in [5.41, 5.74) is 1.44. The number of thioether (sulfide) groups is 1. The lowest BCUT2D eigenvalue weighted by molar-refractivity contribution is -0.115. The predicted octanol–water partition coefficient (Wildman–Crippen LogP) is 5.67. The van der Waals surface area contributed by atoms with E-state index in [0.717, 1.165) is 10.5 Å². The second-order valence-electron chi connectivity index (χ2n) is 5.03. The minimum atomic E-state index is -2.03. The number of rotatable bonds is 4. The van der Waals surface area contributed by atoms with E-state index in [4.69, 9.17) is 55.9 Å². The van der Waals surface area contributed by atoms with Gasteiger partial charge >= 0.3 is 0 Å². The first kappa shape index (κ1) is 18.8. The molecule has 0 aliphatic carbocycles. The van der Waals surface area contributed by atoms with Gasteiger partial charge in [-0.2, -0.15) is 0 Å². The summed E-state index contributed by atoms with van der Waals surface area (Å²) in [6, 6.07) is 10.8. The summed E-state index contributed by atoms with van der Waals surface area (Å²) in [6.07, 6.45) is 0. The normalized spacial score (nSPS) is 13.0. The molecule has 132 valence electrons. The molecule has 9 heteroatoms. The van der Waals surface area contributed by atoms with Crippen molar-refractivity contribution in [1.29, 1.82) is 0 Å². The molecular weight excluding hydrogens is 428 g/mol. The number of ether oxygens (including phenoxy) is 2. The molecule has 1 heterocycles. The van der Waals surface area contributed by atoms with Crippen LogP contribution in [0.5, 0.6) is 11.5 Å². The highest BCUT2D eigenvalue weighted by Gasteiger charge is 2.31. The maximum absolute atomic E-state index is 11.9. The highest BCUT2D eigenvalue weighted by molar-refractivity contribution is 7.98. The van der Waals surface area contributed by atoms with Gasteiger partial charge in [0, 0.05) is 21.7 Å². The van der Waals surface area contributed by atoms with Gasteiger partial charge in [0.15, 0.2) is 11.5 Å². The second-order valence-corrected chi connectivity index (χ2v) is 8.74. The van der Waals surface area contributed by atoms with Crippen molar-refractivity contribution in [2.24, 2.45) is 0 Å². The molecule has 1 aliphatic heterocycles. The molecule has 0 spiro atoms. The third-order valence-electron chi connectivity index (χ3n) is 3.32. The predicted molar refractivity (Wildman–Crippen MR) is 102 cm³/mol. The zero-order valence-corrected chi connectivity index (χ0v) is 16.4. The standard InChI is InChI=1S/C16H11Cl4NO3S/c17-10-6-13-12(23-8-24-13)5-9(10)7-25-14-4-2-1-3-11(14)21-15(22)16(18,19)20/h1-6H,7-8H2,(H,21,22). The third-order valence-corrected chi connectivity index (χ3v) is 5.31. The first-order chi connectivity index (χ1) is 11.8. The number of fused-ring (bicyclic) bond motifs is 1. The van der Waals surface area contributed by atoms with Crippen LogP contribution >= 0.6 is 58.2 Å². The SMILES string of the molecule is O=C(Nc1ccccc1SCc1cc2c(cc1Cl)OCO2)C(Cl)(Cl)Cl. The summed E-state index contributed by atoms with van der Waals surface area (Å²) in [7, 11) is 0. The summed E-state index contributed by atoms with van der Waals surface area (Å²) in [5, 5.41) is 3.19. The van der Waals surface area contributed by atoms with E-state index in [9.17, 15) is 4.79 Å². The number of hydrogen-bond donors (Lipinski definition) is 1. The van der Waals surface area contributed by atoms with Crippen LogP contribution in [0.1, 0.15) is 5.56 Å². The first-order valence-electron chi connectivity index (χ1n) is 7.02. The molecule has 0 saturated heterocycles. The summed E-state index contributed by atoms with van der Waals surface area (Å²) < 4.78 is 8.63. The molecule has 0 fully saturated rings. The number of amides is 1. The Labute approximate surface area is 168 Å². The van der Waals surface area contributed by atoms with E-state index >= 15 is 0 Å². The molecule has 0 unspecified atom stereocenters. The van der Waals surface area contributed by atoms with Gasteiger partial charge in [-0.3, -0.25) is 4.79 Å². The maximum Gasteiger partial charge on any atom is 0.276 e. The largest absolute Gasteiger partial charge is 0.454 e. The molecule has 2 aromatic carbocycles. The Morgan fingerprint density at radius 1 is 1.16 bits per heavy atom. The van der Waals surface area contributed by atoms with Gasteiger partial charge in [0.05, 0.1) is 5.69 Å². The van der Waals surface area contributed by atoms with Crippen LogP contribution < -0.4 is 14.8 Å². The molecule has 4 nitrogen and oxygen atoms in total. The Morgan fingerprint density at radius 3 is 2.56 bits per heavy atom. The number of carbonyl (C=O) groups excluding carboxylic acids is 1. The van der Waals surface area contributed by atoms with Crippen LogP contribution in [-0.4, -0.2) is 16.5 Å². The molecule has 1 N–H and O–H groups in total. The van der Waals surface area contributed by atoms with Crippen molar-refractivity contribution < 1.29 is 14.3 Å². The lowest BCUT2D eigenvalue weighted by atomic mass is 10.2. The zero-order valence-electron chi connectivity index (χ0n) is 12.5. The second kappa shape index (κ2) is 7.72. The Hall–Kier alpha value is -0.980. The zero-order chi connectivity index (χ0) is 18.0. The molecule has 0 aromatic heterocycles. The van der Waals surface area contributed by atoms with Crippen molar-refractivity contribution in [3.8, 4) is 11.5 Å². The average molecular weight is 439 g/mol. The first-order valence-corrected chi connectivity index (χ1v) is 9.52. The van der Waals surface area contributed by atoms with Gasteiger partial charge in [0.2, 0.25) is 6.79 Å². The summed E-state index contributed by atoms with van der Waals surface area (Å²) in [4.78, 5) is 12.7. The Balaban J connectivity index is 1.75. The van der Waals surface area contributed by atoms with Gasteiger partial charge in [-0.15, -0.1) is 11.8 Å². The van der Waals surface area contributed by atoms with Crippen molar-refractivity contribution in [2.75, 3.05) is 12.1 Å². The van der Waals surface area contributed by atoms with E-state index < -0.39 is 9.70 Å².